The summed E-state index contributed by atoms with van der Waals surface area (Å²) < 4.78 is 9.53. The molecule has 1 heterocycles. The van der Waals surface area contributed by atoms with Gasteiger partial charge < -0.3 is 19.7 Å². The van der Waals surface area contributed by atoms with Crippen molar-refractivity contribution in [2.45, 2.75) is 19.4 Å². The van der Waals surface area contributed by atoms with Crippen molar-refractivity contribution in [3.05, 3.63) is 17.5 Å². The number of rotatable bonds is 6. The number of nitrogens with one attached hydrogen (secondary N) is 1. The van der Waals surface area contributed by atoms with E-state index in [-0.39, 0.29) is 18.2 Å². The van der Waals surface area contributed by atoms with Crippen LogP contribution >= 0.6 is 0 Å². The summed E-state index contributed by atoms with van der Waals surface area (Å²) in [6, 6.07) is 1.56. The van der Waals surface area contributed by atoms with Crippen molar-refractivity contribution < 1.29 is 19.2 Å². The SMILES string of the molecule is COCC(O)CCNC(=O)c1cc(C)on1. The molecular weight excluding hydrogens is 212 g/mol. The first kappa shape index (κ1) is 12.7. The maximum Gasteiger partial charge on any atom is 0.273 e. The van der Waals surface area contributed by atoms with E-state index >= 15 is 0 Å². The molecule has 1 rings (SSSR count). The molecule has 16 heavy (non-hydrogen) atoms. The first-order valence-electron chi connectivity index (χ1n) is 5.02. The van der Waals surface area contributed by atoms with E-state index in [0.29, 0.717) is 18.7 Å². The topological polar surface area (TPSA) is 84.6 Å². The highest BCUT2D eigenvalue weighted by atomic mass is 16.5. The Morgan fingerprint density at radius 3 is 3.06 bits per heavy atom. The van der Waals surface area contributed by atoms with Gasteiger partial charge >= 0.3 is 0 Å². The van der Waals surface area contributed by atoms with Gasteiger partial charge in [-0.2, -0.15) is 0 Å². The maximum atomic E-state index is 11.5. The smallest absolute Gasteiger partial charge is 0.273 e. The van der Waals surface area contributed by atoms with Gasteiger partial charge in [0.05, 0.1) is 12.7 Å². The van der Waals surface area contributed by atoms with E-state index in [9.17, 15) is 9.90 Å². The van der Waals surface area contributed by atoms with Crippen LogP contribution in [0.1, 0.15) is 22.7 Å². The third-order valence-corrected chi connectivity index (χ3v) is 1.98. The minimum absolute atomic E-state index is 0.249. The molecule has 90 valence electrons. The van der Waals surface area contributed by atoms with Crippen molar-refractivity contribution in [1.82, 2.24) is 10.5 Å². The first-order valence-corrected chi connectivity index (χ1v) is 5.02. The molecule has 6 nitrogen and oxygen atoms in total. The van der Waals surface area contributed by atoms with Crippen LogP contribution in [0.25, 0.3) is 0 Å². The largest absolute Gasteiger partial charge is 0.391 e. The van der Waals surface area contributed by atoms with E-state index in [1.165, 1.54) is 7.11 Å². The summed E-state index contributed by atoms with van der Waals surface area (Å²) in [5, 5.41) is 15.5. The van der Waals surface area contributed by atoms with Gasteiger partial charge in [0, 0.05) is 19.7 Å². The number of hydrogen-bond acceptors (Lipinski definition) is 5. The van der Waals surface area contributed by atoms with Crippen molar-refractivity contribution >= 4 is 5.91 Å². The van der Waals surface area contributed by atoms with Crippen LogP contribution in [0.2, 0.25) is 0 Å². The number of amides is 1. The fourth-order valence-corrected chi connectivity index (χ4v) is 1.19. The lowest BCUT2D eigenvalue weighted by molar-refractivity contribution is 0.0587. The van der Waals surface area contributed by atoms with E-state index in [0.717, 1.165) is 0 Å². The number of aliphatic hydroxyl groups is 1. The van der Waals surface area contributed by atoms with Crippen molar-refractivity contribution in [3.8, 4) is 0 Å². The minimum Gasteiger partial charge on any atom is -0.391 e. The van der Waals surface area contributed by atoms with Crippen molar-refractivity contribution in [1.29, 1.82) is 0 Å². The second kappa shape index (κ2) is 6.24. The number of nitrogens with zero attached hydrogens (tertiary/aromatic N) is 1. The Morgan fingerprint density at radius 2 is 2.50 bits per heavy atom. The van der Waals surface area contributed by atoms with E-state index in [2.05, 4.69) is 10.5 Å². The number of aromatic nitrogens is 1. The molecule has 0 aliphatic heterocycles. The standard InChI is InChI=1S/C10H16N2O4/c1-7-5-9(12-16-7)10(14)11-4-3-8(13)6-15-2/h5,8,13H,3-4,6H2,1-2H3,(H,11,14). The average Bonchev–Trinajstić information content (AvgIpc) is 2.65. The van der Waals surface area contributed by atoms with Crippen LogP contribution in [-0.4, -0.2) is 42.5 Å². The zero-order chi connectivity index (χ0) is 12.0. The first-order chi connectivity index (χ1) is 7.63. The number of aryl methyl sites for hydroxylation is 1. The Labute approximate surface area is 93.6 Å². The fraction of sp³-hybridized carbons (Fsp3) is 0.600. The van der Waals surface area contributed by atoms with Gasteiger partial charge in [0.25, 0.3) is 5.91 Å². The van der Waals surface area contributed by atoms with E-state index in [1.807, 2.05) is 0 Å². The Morgan fingerprint density at radius 1 is 1.75 bits per heavy atom. The van der Waals surface area contributed by atoms with Crippen molar-refractivity contribution in [3.63, 3.8) is 0 Å². The quantitative estimate of drug-likeness (QED) is 0.722. The van der Waals surface area contributed by atoms with Gasteiger partial charge in [-0.15, -0.1) is 0 Å². The van der Waals surface area contributed by atoms with E-state index in [1.54, 1.807) is 13.0 Å². The second-order valence-electron chi connectivity index (χ2n) is 3.48. The summed E-state index contributed by atoms with van der Waals surface area (Å²) in [5.41, 5.74) is 0.249. The zero-order valence-corrected chi connectivity index (χ0v) is 9.40. The third kappa shape index (κ3) is 4.00. The monoisotopic (exact) mass is 228 g/mol. The number of methoxy groups -OCH3 is 1. The van der Waals surface area contributed by atoms with Gasteiger partial charge in [-0.05, 0) is 13.3 Å². The number of carbonyl (C=O) groups excluding carboxylic acids is 1. The molecule has 0 radical (unpaired) electrons. The van der Waals surface area contributed by atoms with Crippen LogP contribution in [0.4, 0.5) is 0 Å². The molecule has 0 fully saturated rings. The summed E-state index contributed by atoms with van der Waals surface area (Å²) in [6.45, 7) is 2.35. The predicted octanol–water partition coefficient (Wildman–Crippen LogP) is 0.110. The van der Waals surface area contributed by atoms with Crippen LogP contribution in [0.3, 0.4) is 0 Å². The van der Waals surface area contributed by atoms with Crippen molar-refractivity contribution in [2.24, 2.45) is 0 Å². The van der Waals surface area contributed by atoms with Crippen molar-refractivity contribution in [2.75, 3.05) is 20.3 Å². The molecule has 1 atom stereocenters. The van der Waals surface area contributed by atoms with E-state index < -0.39 is 6.10 Å². The number of carbonyl (C=O) groups is 1. The molecule has 6 heteroatoms. The molecule has 0 saturated heterocycles. The summed E-state index contributed by atoms with van der Waals surface area (Å²) >= 11 is 0. The van der Waals surface area contributed by atoms with Crippen LogP contribution in [-0.2, 0) is 4.74 Å². The maximum absolute atomic E-state index is 11.5. The number of hydrogen-bond donors (Lipinski definition) is 2. The predicted molar refractivity (Wildman–Crippen MR) is 56.1 cm³/mol. The summed E-state index contributed by atoms with van der Waals surface area (Å²) in [5.74, 6) is 0.283. The lowest BCUT2D eigenvalue weighted by atomic mass is 10.2. The van der Waals surface area contributed by atoms with Crippen LogP contribution < -0.4 is 5.32 Å². The van der Waals surface area contributed by atoms with Gasteiger partial charge in [-0.25, -0.2) is 0 Å². The fourth-order valence-electron chi connectivity index (χ4n) is 1.19. The van der Waals surface area contributed by atoms with Crippen LogP contribution in [0.5, 0.6) is 0 Å². The van der Waals surface area contributed by atoms with Gasteiger partial charge in [0.15, 0.2) is 5.69 Å². The Balaban J connectivity index is 2.25. The highest BCUT2D eigenvalue weighted by molar-refractivity contribution is 5.92. The summed E-state index contributed by atoms with van der Waals surface area (Å²) in [7, 11) is 1.51. The molecule has 0 aliphatic carbocycles. The molecule has 1 unspecified atom stereocenters. The molecule has 0 aromatic carbocycles. The average molecular weight is 228 g/mol. The number of ether oxygens (including phenoxy) is 1. The zero-order valence-electron chi connectivity index (χ0n) is 9.40. The van der Waals surface area contributed by atoms with Gasteiger partial charge in [0.1, 0.15) is 5.76 Å². The summed E-state index contributed by atoms with van der Waals surface area (Å²) in [6.07, 6.45) is -0.125. The van der Waals surface area contributed by atoms with Crippen LogP contribution in [0, 0.1) is 6.92 Å². The van der Waals surface area contributed by atoms with Gasteiger partial charge in [0.2, 0.25) is 0 Å². The minimum atomic E-state index is -0.565. The Kier molecular flexibility index (Phi) is 4.94. The molecule has 0 bridgehead atoms. The highest BCUT2D eigenvalue weighted by Gasteiger charge is 2.11. The number of aliphatic hydroxyl groups excluding tert-OH is 1. The third-order valence-electron chi connectivity index (χ3n) is 1.98. The van der Waals surface area contributed by atoms with Gasteiger partial charge in [-0.3, -0.25) is 4.79 Å². The lowest BCUT2D eigenvalue weighted by Gasteiger charge is -2.08. The molecule has 0 saturated carbocycles. The van der Waals surface area contributed by atoms with Crippen LogP contribution in [0.15, 0.2) is 10.6 Å². The highest BCUT2D eigenvalue weighted by Crippen LogP contribution is 2.01. The molecule has 0 aliphatic rings. The molecule has 2 N–H and O–H groups in total. The normalized spacial score (nSPS) is 12.4. The summed E-state index contributed by atoms with van der Waals surface area (Å²) in [4.78, 5) is 11.5. The van der Waals surface area contributed by atoms with Gasteiger partial charge in [-0.1, -0.05) is 5.16 Å². The Hall–Kier alpha value is -1.40. The molecule has 1 aromatic rings. The Bertz CT molecular complexity index is 337. The molecule has 0 spiro atoms. The van der Waals surface area contributed by atoms with E-state index in [4.69, 9.17) is 9.26 Å². The lowest BCUT2D eigenvalue weighted by Crippen LogP contribution is -2.28. The molecular formula is C10H16N2O4. The molecule has 1 aromatic heterocycles. The molecule has 1 amide bonds. The second-order valence-corrected chi connectivity index (χ2v) is 3.48.